The number of aliphatic hydroxyl groups excluding tert-OH is 1. The summed E-state index contributed by atoms with van der Waals surface area (Å²) in [5.41, 5.74) is 4.80. The molecule has 0 amide bonds. The van der Waals surface area contributed by atoms with Crippen LogP contribution in [0.15, 0.2) is 6.07 Å². The van der Waals surface area contributed by atoms with E-state index < -0.39 is 0 Å². The molecule has 3 heteroatoms. The minimum Gasteiger partial charge on any atom is -0.496 e. The number of aryl methyl sites for hydroxylation is 2. The van der Waals surface area contributed by atoms with Crippen LogP contribution in [0, 0.1) is 20.8 Å². The van der Waals surface area contributed by atoms with Crippen molar-refractivity contribution >= 4 is 0 Å². The third kappa shape index (κ3) is 1.91. The van der Waals surface area contributed by atoms with Crippen molar-refractivity contribution in [2.45, 2.75) is 32.6 Å². The van der Waals surface area contributed by atoms with Gasteiger partial charge in [-0.3, -0.25) is 0 Å². The van der Waals surface area contributed by atoms with E-state index in [9.17, 15) is 5.11 Å². The van der Waals surface area contributed by atoms with Crippen molar-refractivity contribution in [2.75, 3.05) is 26.9 Å². The molecule has 1 aromatic rings. The zero-order valence-corrected chi connectivity index (χ0v) is 11.7. The molecule has 0 spiro atoms. The summed E-state index contributed by atoms with van der Waals surface area (Å²) >= 11 is 0. The van der Waals surface area contributed by atoms with Crippen molar-refractivity contribution in [3.63, 3.8) is 0 Å². The molecular formula is C15H22O3. The SMILES string of the molecule is COc1c(C)c(C)cc(C)c1C1(CCO)COC1. The Bertz CT molecular complexity index is 448. The molecule has 2 rings (SSSR count). The maximum atomic E-state index is 9.31. The van der Waals surface area contributed by atoms with Gasteiger partial charge >= 0.3 is 0 Å². The second-order valence-corrected chi connectivity index (χ2v) is 5.29. The van der Waals surface area contributed by atoms with Crippen molar-refractivity contribution in [1.82, 2.24) is 0 Å². The lowest BCUT2D eigenvalue weighted by atomic mass is 9.72. The lowest BCUT2D eigenvalue weighted by Gasteiger charge is -2.43. The highest BCUT2D eigenvalue weighted by Crippen LogP contribution is 2.44. The second kappa shape index (κ2) is 4.90. The lowest BCUT2D eigenvalue weighted by Crippen LogP contribution is -2.48. The third-order valence-electron chi connectivity index (χ3n) is 4.07. The van der Waals surface area contributed by atoms with E-state index in [1.807, 2.05) is 0 Å². The summed E-state index contributed by atoms with van der Waals surface area (Å²) in [6, 6.07) is 2.20. The molecule has 1 saturated heterocycles. The van der Waals surface area contributed by atoms with Gasteiger partial charge in [-0.25, -0.2) is 0 Å². The quantitative estimate of drug-likeness (QED) is 0.891. The third-order valence-corrected chi connectivity index (χ3v) is 4.07. The topological polar surface area (TPSA) is 38.7 Å². The van der Waals surface area contributed by atoms with Gasteiger partial charge in [0.05, 0.1) is 20.3 Å². The summed E-state index contributed by atoms with van der Waals surface area (Å²) < 4.78 is 11.0. The first kappa shape index (κ1) is 13.4. The van der Waals surface area contributed by atoms with Gasteiger partial charge in [0.15, 0.2) is 0 Å². The fraction of sp³-hybridized carbons (Fsp3) is 0.600. The Balaban J connectivity index is 2.58. The summed E-state index contributed by atoms with van der Waals surface area (Å²) in [4.78, 5) is 0. The second-order valence-electron chi connectivity index (χ2n) is 5.29. The highest BCUT2D eigenvalue weighted by molar-refractivity contribution is 5.54. The largest absolute Gasteiger partial charge is 0.496 e. The monoisotopic (exact) mass is 250 g/mol. The number of hydrogen-bond acceptors (Lipinski definition) is 3. The average molecular weight is 250 g/mol. The molecule has 1 aliphatic heterocycles. The predicted molar refractivity (Wildman–Crippen MR) is 71.4 cm³/mol. The van der Waals surface area contributed by atoms with E-state index in [1.165, 1.54) is 22.3 Å². The van der Waals surface area contributed by atoms with Crippen LogP contribution >= 0.6 is 0 Å². The fourth-order valence-corrected chi connectivity index (χ4v) is 2.94. The van der Waals surface area contributed by atoms with Crippen LogP contribution in [0.2, 0.25) is 0 Å². The minimum absolute atomic E-state index is 0.0668. The molecule has 100 valence electrons. The van der Waals surface area contributed by atoms with Gasteiger partial charge in [-0.2, -0.15) is 0 Å². The lowest BCUT2D eigenvalue weighted by molar-refractivity contribution is -0.0712. The molecule has 1 N–H and O–H groups in total. The molecular weight excluding hydrogens is 228 g/mol. The Morgan fingerprint density at radius 3 is 2.39 bits per heavy atom. The van der Waals surface area contributed by atoms with Crippen molar-refractivity contribution < 1.29 is 14.6 Å². The Kier molecular flexibility index (Phi) is 3.64. The molecule has 0 aromatic heterocycles. The Hall–Kier alpha value is -1.06. The zero-order valence-electron chi connectivity index (χ0n) is 11.7. The van der Waals surface area contributed by atoms with Crippen LogP contribution in [-0.4, -0.2) is 32.0 Å². The van der Waals surface area contributed by atoms with E-state index in [0.29, 0.717) is 13.2 Å². The van der Waals surface area contributed by atoms with Crippen molar-refractivity contribution in [1.29, 1.82) is 0 Å². The molecule has 0 bridgehead atoms. The van der Waals surface area contributed by atoms with Gasteiger partial charge < -0.3 is 14.6 Å². The summed E-state index contributed by atoms with van der Waals surface area (Å²) in [6.45, 7) is 7.83. The molecule has 0 unspecified atom stereocenters. The summed E-state index contributed by atoms with van der Waals surface area (Å²) in [5, 5.41) is 9.31. The first-order valence-corrected chi connectivity index (χ1v) is 6.39. The molecule has 1 aliphatic rings. The molecule has 18 heavy (non-hydrogen) atoms. The fourth-order valence-electron chi connectivity index (χ4n) is 2.94. The van der Waals surface area contributed by atoms with Crippen molar-refractivity contribution in [2.24, 2.45) is 0 Å². The number of ether oxygens (including phenoxy) is 2. The maximum absolute atomic E-state index is 9.31. The zero-order chi connectivity index (χ0) is 13.3. The number of rotatable bonds is 4. The molecule has 1 fully saturated rings. The normalized spacial score (nSPS) is 17.4. The number of aliphatic hydroxyl groups is 1. The van der Waals surface area contributed by atoms with Crippen LogP contribution in [0.5, 0.6) is 5.75 Å². The Morgan fingerprint density at radius 2 is 1.94 bits per heavy atom. The standard InChI is InChI=1S/C15H22O3/c1-10-7-11(2)13(14(17-4)12(10)3)15(5-6-16)8-18-9-15/h7,16H,5-6,8-9H2,1-4H3. The molecule has 0 aliphatic carbocycles. The van der Waals surface area contributed by atoms with Crippen LogP contribution in [0.4, 0.5) is 0 Å². The average Bonchev–Trinajstić information content (AvgIpc) is 2.29. The summed E-state index contributed by atoms with van der Waals surface area (Å²) in [5.74, 6) is 0.962. The molecule has 1 aromatic carbocycles. The first-order chi connectivity index (χ1) is 8.55. The molecule has 0 atom stereocenters. The minimum atomic E-state index is -0.0668. The van der Waals surface area contributed by atoms with E-state index in [4.69, 9.17) is 9.47 Å². The number of benzene rings is 1. The number of hydrogen-bond donors (Lipinski definition) is 1. The van der Waals surface area contributed by atoms with E-state index in [-0.39, 0.29) is 12.0 Å². The highest BCUT2D eigenvalue weighted by Gasteiger charge is 2.43. The van der Waals surface area contributed by atoms with Crippen molar-refractivity contribution in [3.8, 4) is 5.75 Å². The summed E-state index contributed by atoms with van der Waals surface area (Å²) in [6.07, 6.45) is 0.729. The molecule has 1 heterocycles. The van der Waals surface area contributed by atoms with Gasteiger partial charge in [-0.05, 0) is 43.9 Å². The van der Waals surface area contributed by atoms with Crippen LogP contribution < -0.4 is 4.74 Å². The van der Waals surface area contributed by atoms with Gasteiger partial charge in [0, 0.05) is 17.6 Å². The highest BCUT2D eigenvalue weighted by atomic mass is 16.5. The van der Waals surface area contributed by atoms with Gasteiger partial charge in [0.2, 0.25) is 0 Å². The van der Waals surface area contributed by atoms with Crippen LogP contribution in [-0.2, 0) is 10.2 Å². The Morgan fingerprint density at radius 1 is 1.28 bits per heavy atom. The van der Waals surface area contributed by atoms with E-state index in [2.05, 4.69) is 26.8 Å². The predicted octanol–water partition coefficient (Wildman–Crippen LogP) is 2.27. The van der Waals surface area contributed by atoms with Gasteiger partial charge in [0.1, 0.15) is 5.75 Å². The first-order valence-electron chi connectivity index (χ1n) is 6.39. The van der Waals surface area contributed by atoms with Crippen LogP contribution in [0.25, 0.3) is 0 Å². The van der Waals surface area contributed by atoms with Crippen LogP contribution in [0.3, 0.4) is 0 Å². The Labute approximate surface area is 109 Å². The van der Waals surface area contributed by atoms with Gasteiger partial charge in [0.25, 0.3) is 0 Å². The maximum Gasteiger partial charge on any atom is 0.126 e. The van der Waals surface area contributed by atoms with E-state index in [1.54, 1.807) is 7.11 Å². The van der Waals surface area contributed by atoms with Crippen molar-refractivity contribution in [3.05, 3.63) is 28.3 Å². The van der Waals surface area contributed by atoms with Crippen LogP contribution in [0.1, 0.15) is 28.7 Å². The molecule has 0 saturated carbocycles. The van der Waals surface area contributed by atoms with Gasteiger partial charge in [-0.15, -0.1) is 0 Å². The van der Waals surface area contributed by atoms with Gasteiger partial charge in [-0.1, -0.05) is 6.07 Å². The van der Waals surface area contributed by atoms with E-state index >= 15 is 0 Å². The summed E-state index contributed by atoms with van der Waals surface area (Å²) in [7, 11) is 1.72. The smallest absolute Gasteiger partial charge is 0.126 e. The molecule has 0 radical (unpaired) electrons. The van der Waals surface area contributed by atoms with E-state index in [0.717, 1.165) is 12.2 Å². The molecule has 3 nitrogen and oxygen atoms in total. The number of methoxy groups -OCH3 is 1.